The van der Waals surface area contributed by atoms with Gasteiger partial charge in [-0.2, -0.15) is 15.0 Å². The van der Waals surface area contributed by atoms with E-state index >= 15 is 0 Å². The van der Waals surface area contributed by atoms with Crippen molar-refractivity contribution >= 4 is 0 Å². The van der Waals surface area contributed by atoms with Gasteiger partial charge in [0.15, 0.2) is 0 Å². The molecule has 4 aliphatic carbocycles. The van der Waals surface area contributed by atoms with E-state index in [1.54, 1.807) is 16.9 Å². The van der Waals surface area contributed by atoms with Gasteiger partial charge in [-0.25, -0.2) is 4.39 Å². The minimum Gasteiger partial charge on any atom is -0.305 e. The fourth-order valence-corrected chi connectivity index (χ4v) is 6.77. The van der Waals surface area contributed by atoms with Gasteiger partial charge in [0.25, 0.3) is 0 Å². The Morgan fingerprint density at radius 1 is 0.871 bits per heavy atom. The van der Waals surface area contributed by atoms with E-state index in [1.165, 1.54) is 44.6 Å². The molecule has 0 spiro atoms. The lowest BCUT2D eigenvalue weighted by molar-refractivity contribution is -0.0207. The molecule has 4 nitrogen and oxygen atoms in total. The van der Waals surface area contributed by atoms with Crippen molar-refractivity contribution in [3.8, 4) is 11.3 Å². The van der Waals surface area contributed by atoms with E-state index in [2.05, 4.69) is 17.4 Å². The summed E-state index contributed by atoms with van der Waals surface area (Å²) >= 11 is 0. The average molecular weight is 417 g/mol. The maximum absolute atomic E-state index is 14.2. The van der Waals surface area contributed by atoms with Crippen molar-refractivity contribution in [3.05, 3.63) is 71.7 Å². The summed E-state index contributed by atoms with van der Waals surface area (Å²) in [5, 5.41) is 13.5. The van der Waals surface area contributed by atoms with E-state index < -0.39 is 0 Å². The molecule has 3 aromatic rings. The number of hydrogen-bond acceptors (Lipinski definition) is 3. The van der Waals surface area contributed by atoms with E-state index in [1.807, 2.05) is 24.3 Å². The molecule has 4 aliphatic rings. The average Bonchev–Trinajstić information content (AvgIpc) is 3.17. The van der Waals surface area contributed by atoms with Gasteiger partial charge >= 0.3 is 0 Å². The Morgan fingerprint density at radius 3 is 2.19 bits per heavy atom. The second-order valence-corrected chi connectivity index (χ2v) is 10.0. The zero-order valence-corrected chi connectivity index (χ0v) is 17.8. The largest absolute Gasteiger partial charge is 0.305 e. The van der Waals surface area contributed by atoms with Crippen LogP contribution in [0.5, 0.6) is 0 Å². The van der Waals surface area contributed by atoms with Gasteiger partial charge in [0.05, 0.1) is 6.54 Å². The maximum Gasteiger partial charge on any atom is 0.128 e. The van der Waals surface area contributed by atoms with Gasteiger partial charge in [0, 0.05) is 23.2 Å². The molecule has 160 valence electrons. The first-order valence-electron chi connectivity index (χ1n) is 11.6. The molecular formula is C26H29FN4. The van der Waals surface area contributed by atoms with E-state index in [9.17, 15) is 4.39 Å². The van der Waals surface area contributed by atoms with Gasteiger partial charge in [-0.1, -0.05) is 48.5 Å². The molecule has 2 aromatic carbocycles. The van der Waals surface area contributed by atoms with E-state index in [0.29, 0.717) is 18.7 Å². The first kappa shape index (κ1) is 19.2. The number of hydrogen-bond donors (Lipinski definition) is 1. The molecule has 0 saturated heterocycles. The Kier molecular flexibility index (Phi) is 4.67. The summed E-state index contributed by atoms with van der Waals surface area (Å²) in [6, 6.07) is 17.1. The summed E-state index contributed by atoms with van der Waals surface area (Å²) in [5.74, 6) is 2.51. The van der Waals surface area contributed by atoms with Gasteiger partial charge in [0.1, 0.15) is 17.2 Å². The van der Waals surface area contributed by atoms with Gasteiger partial charge in [-0.15, -0.1) is 0 Å². The Hall–Kier alpha value is -2.53. The Morgan fingerprint density at radius 2 is 1.52 bits per heavy atom. The fraction of sp³-hybridized carbons (Fsp3) is 0.462. The van der Waals surface area contributed by atoms with Crippen molar-refractivity contribution in [2.45, 2.75) is 57.2 Å². The predicted molar refractivity (Wildman–Crippen MR) is 119 cm³/mol. The quantitative estimate of drug-likeness (QED) is 0.601. The standard InChI is InChI=1S/C26H29FN4/c27-23-9-5-4-8-22(23)17-31-29-24(25(30-31)21-6-2-1-3-7-21)16-28-26-13-18-10-19(14-26)12-20(11-18)15-26/h1-9,18-20,28H,10-17H2. The minimum atomic E-state index is -0.214. The van der Waals surface area contributed by atoms with Crippen LogP contribution in [0, 0.1) is 23.6 Å². The SMILES string of the molecule is Fc1ccccc1Cn1nc(CNC23CC4CC(CC(C4)C2)C3)c(-c2ccccc2)n1. The van der Waals surface area contributed by atoms with Crippen molar-refractivity contribution in [1.29, 1.82) is 0 Å². The molecule has 0 amide bonds. The highest BCUT2D eigenvalue weighted by Crippen LogP contribution is 2.55. The molecule has 7 rings (SSSR count). The van der Waals surface area contributed by atoms with Crippen LogP contribution in [-0.4, -0.2) is 20.5 Å². The summed E-state index contributed by atoms with van der Waals surface area (Å²) in [5.41, 5.74) is 3.80. The fourth-order valence-electron chi connectivity index (χ4n) is 6.77. The molecule has 0 aliphatic heterocycles. The first-order chi connectivity index (χ1) is 15.2. The number of nitrogens with zero attached hydrogens (tertiary/aromatic N) is 3. The summed E-state index contributed by atoms with van der Waals surface area (Å²) < 4.78 is 14.2. The highest BCUT2D eigenvalue weighted by Gasteiger charge is 2.50. The lowest BCUT2D eigenvalue weighted by Gasteiger charge is -2.57. The number of halogens is 1. The third-order valence-electron chi connectivity index (χ3n) is 7.71. The van der Waals surface area contributed by atoms with Crippen molar-refractivity contribution in [1.82, 2.24) is 20.3 Å². The molecule has 31 heavy (non-hydrogen) atoms. The van der Waals surface area contributed by atoms with Crippen LogP contribution in [-0.2, 0) is 13.1 Å². The van der Waals surface area contributed by atoms with E-state index in [4.69, 9.17) is 10.2 Å². The molecule has 5 heteroatoms. The molecule has 1 heterocycles. The Bertz CT molecular complexity index is 1040. The van der Waals surface area contributed by atoms with Crippen LogP contribution >= 0.6 is 0 Å². The third kappa shape index (κ3) is 3.69. The van der Waals surface area contributed by atoms with Crippen LogP contribution in [0.25, 0.3) is 11.3 Å². The maximum atomic E-state index is 14.2. The van der Waals surface area contributed by atoms with Crippen LogP contribution in [0.1, 0.15) is 49.8 Å². The second-order valence-electron chi connectivity index (χ2n) is 10.0. The monoisotopic (exact) mass is 416 g/mol. The van der Waals surface area contributed by atoms with Crippen LogP contribution in [0.15, 0.2) is 54.6 Å². The van der Waals surface area contributed by atoms with E-state index in [0.717, 1.165) is 34.7 Å². The molecule has 0 unspecified atom stereocenters. The highest BCUT2D eigenvalue weighted by molar-refractivity contribution is 5.60. The number of nitrogens with one attached hydrogen (secondary N) is 1. The summed E-state index contributed by atoms with van der Waals surface area (Å²) in [6.07, 6.45) is 8.24. The van der Waals surface area contributed by atoms with Crippen molar-refractivity contribution in [2.24, 2.45) is 17.8 Å². The second kappa shape index (κ2) is 7.56. The van der Waals surface area contributed by atoms with Crippen molar-refractivity contribution < 1.29 is 4.39 Å². The molecule has 4 bridgehead atoms. The molecule has 1 aromatic heterocycles. The predicted octanol–water partition coefficient (Wildman–Crippen LogP) is 5.19. The Labute approximate surface area is 182 Å². The third-order valence-corrected chi connectivity index (χ3v) is 7.71. The summed E-state index contributed by atoms with van der Waals surface area (Å²) in [4.78, 5) is 1.65. The smallest absolute Gasteiger partial charge is 0.128 e. The lowest BCUT2D eigenvalue weighted by atomic mass is 9.53. The highest BCUT2D eigenvalue weighted by atomic mass is 19.1. The molecule has 0 radical (unpaired) electrons. The molecule has 0 atom stereocenters. The number of benzene rings is 2. The van der Waals surface area contributed by atoms with E-state index in [-0.39, 0.29) is 11.4 Å². The topological polar surface area (TPSA) is 42.7 Å². The van der Waals surface area contributed by atoms with Crippen LogP contribution in [0.3, 0.4) is 0 Å². The van der Waals surface area contributed by atoms with Crippen LogP contribution in [0.4, 0.5) is 4.39 Å². The Balaban J connectivity index is 1.28. The van der Waals surface area contributed by atoms with Crippen molar-refractivity contribution in [3.63, 3.8) is 0 Å². The minimum absolute atomic E-state index is 0.214. The zero-order chi connectivity index (χ0) is 20.8. The molecular weight excluding hydrogens is 387 g/mol. The zero-order valence-electron chi connectivity index (χ0n) is 17.8. The van der Waals surface area contributed by atoms with Gasteiger partial charge in [-0.05, 0) is 62.3 Å². The molecule has 1 N–H and O–H groups in total. The van der Waals surface area contributed by atoms with Crippen LogP contribution in [0.2, 0.25) is 0 Å². The molecule has 4 saturated carbocycles. The van der Waals surface area contributed by atoms with Gasteiger partial charge in [-0.3, -0.25) is 0 Å². The number of rotatable bonds is 6. The number of aromatic nitrogens is 3. The summed E-state index contributed by atoms with van der Waals surface area (Å²) in [6.45, 7) is 1.05. The first-order valence-corrected chi connectivity index (χ1v) is 11.6. The lowest BCUT2D eigenvalue weighted by Crippen LogP contribution is -2.58. The molecule has 4 fully saturated rings. The van der Waals surface area contributed by atoms with Crippen molar-refractivity contribution in [2.75, 3.05) is 0 Å². The van der Waals surface area contributed by atoms with Gasteiger partial charge < -0.3 is 5.32 Å². The van der Waals surface area contributed by atoms with Crippen LogP contribution < -0.4 is 5.32 Å². The normalized spacial score (nSPS) is 28.9. The van der Waals surface area contributed by atoms with Gasteiger partial charge in [0.2, 0.25) is 0 Å². The summed E-state index contributed by atoms with van der Waals surface area (Å²) in [7, 11) is 0.